The van der Waals surface area contributed by atoms with Crippen molar-refractivity contribution in [3.05, 3.63) is 65.9 Å². The molecule has 0 fully saturated rings. The molecule has 3 aromatic rings. The van der Waals surface area contributed by atoms with Gasteiger partial charge in [0.2, 0.25) is 0 Å². The summed E-state index contributed by atoms with van der Waals surface area (Å²) in [6, 6.07) is 13.3. The number of rotatable bonds is 5. The summed E-state index contributed by atoms with van der Waals surface area (Å²) in [4.78, 5) is 5.34. The van der Waals surface area contributed by atoms with Crippen LogP contribution in [0.4, 0.5) is 5.69 Å². The molecule has 2 aromatic carbocycles. The number of benzene rings is 2. The Morgan fingerprint density at radius 3 is 2.54 bits per heavy atom. The first-order valence-electron chi connectivity index (χ1n) is 6.98. The number of nitrogens with zero attached hydrogens (tertiary/aromatic N) is 2. The second kappa shape index (κ2) is 6.88. The highest BCUT2D eigenvalue weighted by Gasteiger charge is 2.14. The summed E-state index contributed by atoms with van der Waals surface area (Å²) in [5, 5.41) is 1.24. The average molecular weight is 380 g/mol. The van der Waals surface area contributed by atoms with Gasteiger partial charge in [0.1, 0.15) is 0 Å². The van der Waals surface area contributed by atoms with E-state index in [0.717, 1.165) is 10.1 Å². The lowest BCUT2D eigenvalue weighted by molar-refractivity contribution is 0.601. The first-order chi connectivity index (χ1) is 11.4. The maximum absolute atomic E-state index is 12.4. The Bertz CT molecular complexity index is 953. The molecule has 8 heteroatoms. The third kappa shape index (κ3) is 3.92. The van der Waals surface area contributed by atoms with E-state index in [-0.39, 0.29) is 4.90 Å². The Morgan fingerprint density at radius 1 is 1.17 bits per heavy atom. The molecule has 0 saturated carbocycles. The van der Waals surface area contributed by atoms with Gasteiger partial charge in [-0.3, -0.25) is 4.72 Å². The number of nitrogens with one attached hydrogen (secondary N) is 1. The Balaban J connectivity index is 1.75. The van der Waals surface area contributed by atoms with E-state index in [1.165, 1.54) is 23.9 Å². The lowest BCUT2D eigenvalue weighted by atomic mass is 10.3. The Kier molecular flexibility index (Phi) is 4.84. The van der Waals surface area contributed by atoms with Crippen molar-refractivity contribution in [1.29, 1.82) is 0 Å². The number of anilines is 1. The number of hydrogen-bond donors (Lipinski definition) is 1. The number of sulfonamides is 1. The van der Waals surface area contributed by atoms with Crippen LogP contribution in [-0.4, -0.2) is 18.0 Å². The lowest BCUT2D eigenvalue weighted by Gasteiger charge is -2.09. The van der Waals surface area contributed by atoms with Crippen molar-refractivity contribution < 1.29 is 8.42 Å². The first-order valence-corrected chi connectivity index (χ1v) is 9.65. The third-order valence-electron chi connectivity index (χ3n) is 3.20. The molecule has 0 saturated heterocycles. The normalized spacial score (nSPS) is 11.4. The van der Waals surface area contributed by atoms with Crippen LogP contribution in [0.1, 0.15) is 0 Å². The quantitative estimate of drug-likeness (QED) is 0.727. The largest absolute Gasteiger partial charge is 0.329 e. The Morgan fingerprint density at radius 2 is 1.92 bits per heavy atom. The van der Waals surface area contributed by atoms with E-state index in [1.54, 1.807) is 30.5 Å². The first kappa shape index (κ1) is 16.9. The van der Waals surface area contributed by atoms with Gasteiger partial charge < -0.3 is 4.57 Å². The van der Waals surface area contributed by atoms with Crippen LogP contribution in [0, 0.1) is 0 Å². The fourth-order valence-corrected chi connectivity index (χ4v) is 4.16. The summed E-state index contributed by atoms with van der Waals surface area (Å²) in [6.07, 6.45) is 3.60. The van der Waals surface area contributed by atoms with Crippen molar-refractivity contribution in [1.82, 2.24) is 9.55 Å². The van der Waals surface area contributed by atoms with E-state index in [1.807, 2.05) is 29.9 Å². The topological polar surface area (TPSA) is 64.0 Å². The second-order valence-corrected chi connectivity index (χ2v) is 8.17. The van der Waals surface area contributed by atoms with Gasteiger partial charge in [-0.1, -0.05) is 29.4 Å². The maximum Gasteiger partial charge on any atom is 0.261 e. The van der Waals surface area contributed by atoms with Crippen molar-refractivity contribution >= 4 is 39.1 Å². The molecule has 0 radical (unpaired) electrons. The number of aryl methyl sites for hydroxylation is 1. The van der Waals surface area contributed by atoms with E-state index in [9.17, 15) is 8.42 Å². The molecule has 0 aliphatic rings. The zero-order valence-electron chi connectivity index (χ0n) is 12.7. The van der Waals surface area contributed by atoms with Crippen molar-refractivity contribution in [3.8, 4) is 0 Å². The molecule has 0 amide bonds. The van der Waals surface area contributed by atoms with Crippen LogP contribution < -0.4 is 4.72 Å². The predicted octanol–water partition coefficient (Wildman–Crippen LogP) is 4.03. The molecule has 1 aromatic heterocycles. The molecular weight excluding hydrogens is 366 g/mol. The highest BCUT2D eigenvalue weighted by atomic mass is 35.5. The van der Waals surface area contributed by atoms with Crippen LogP contribution >= 0.6 is 23.4 Å². The maximum atomic E-state index is 12.4. The van der Waals surface area contributed by atoms with Crippen LogP contribution in [0.25, 0.3) is 0 Å². The predicted molar refractivity (Wildman–Crippen MR) is 96.0 cm³/mol. The summed E-state index contributed by atoms with van der Waals surface area (Å²) < 4.78 is 29.2. The zero-order valence-corrected chi connectivity index (χ0v) is 15.1. The van der Waals surface area contributed by atoms with Gasteiger partial charge in [0.05, 0.1) is 4.90 Å². The van der Waals surface area contributed by atoms with Gasteiger partial charge in [0, 0.05) is 35.0 Å². The number of halogens is 1. The van der Waals surface area contributed by atoms with Crippen molar-refractivity contribution in [2.24, 2.45) is 7.05 Å². The van der Waals surface area contributed by atoms with E-state index in [4.69, 9.17) is 11.6 Å². The van der Waals surface area contributed by atoms with Crippen LogP contribution in [0.5, 0.6) is 0 Å². The number of aromatic nitrogens is 2. The molecule has 1 heterocycles. The summed E-state index contributed by atoms with van der Waals surface area (Å²) >= 11 is 7.36. The van der Waals surface area contributed by atoms with Gasteiger partial charge in [0.15, 0.2) is 5.16 Å². The van der Waals surface area contributed by atoms with Crippen LogP contribution in [0.2, 0.25) is 5.02 Å². The van der Waals surface area contributed by atoms with Crippen molar-refractivity contribution in [2.75, 3.05) is 4.72 Å². The molecule has 0 unspecified atom stereocenters. The monoisotopic (exact) mass is 379 g/mol. The van der Waals surface area contributed by atoms with Crippen molar-refractivity contribution in [3.63, 3.8) is 0 Å². The molecule has 0 atom stereocenters. The highest BCUT2D eigenvalue weighted by molar-refractivity contribution is 7.99. The van der Waals surface area contributed by atoms with Gasteiger partial charge in [-0.15, -0.1) is 0 Å². The average Bonchev–Trinajstić information content (AvgIpc) is 2.94. The van der Waals surface area contributed by atoms with E-state index in [0.29, 0.717) is 10.7 Å². The molecular formula is C16H14ClN3O2S2. The lowest BCUT2D eigenvalue weighted by Crippen LogP contribution is -2.12. The van der Waals surface area contributed by atoms with Crippen LogP contribution in [-0.2, 0) is 17.1 Å². The van der Waals surface area contributed by atoms with Gasteiger partial charge in [-0.25, -0.2) is 13.4 Å². The van der Waals surface area contributed by atoms with Crippen LogP contribution in [0.3, 0.4) is 0 Å². The molecule has 0 aliphatic heterocycles. The standard InChI is InChI=1S/C16H14ClN3O2S2/c1-20-10-9-18-16(20)23-14-7-5-13(6-8-14)19-24(21,22)15-4-2-3-12(17)11-15/h2-11,19H,1H3. The second-order valence-electron chi connectivity index (χ2n) is 5.01. The van der Waals surface area contributed by atoms with Gasteiger partial charge >= 0.3 is 0 Å². The fraction of sp³-hybridized carbons (Fsp3) is 0.0625. The molecule has 24 heavy (non-hydrogen) atoms. The minimum Gasteiger partial charge on any atom is -0.329 e. The summed E-state index contributed by atoms with van der Waals surface area (Å²) in [5.41, 5.74) is 0.485. The SMILES string of the molecule is Cn1ccnc1Sc1ccc(NS(=O)(=O)c2cccc(Cl)c2)cc1. The Hall–Kier alpha value is -1.96. The van der Waals surface area contributed by atoms with E-state index < -0.39 is 10.0 Å². The Labute approximate surface area is 149 Å². The summed E-state index contributed by atoms with van der Waals surface area (Å²) in [6.45, 7) is 0. The summed E-state index contributed by atoms with van der Waals surface area (Å²) in [5.74, 6) is 0. The summed E-state index contributed by atoms with van der Waals surface area (Å²) in [7, 11) is -1.74. The van der Waals surface area contributed by atoms with Gasteiger partial charge in [-0.05, 0) is 42.5 Å². The molecule has 3 rings (SSSR count). The smallest absolute Gasteiger partial charge is 0.261 e. The number of imidazole rings is 1. The number of hydrogen-bond acceptors (Lipinski definition) is 4. The van der Waals surface area contributed by atoms with E-state index in [2.05, 4.69) is 9.71 Å². The van der Waals surface area contributed by atoms with E-state index >= 15 is 0 Å². The highest BCUT2D eigenvalue weighted by Crippen LogP contribution is 2.27. The minimum absolute atomic E-state index is 0.126. The van der Waals surface area contributed by atoms with Crippen molar-refractivity contribution in [2.45, 2.75) is 14.9 Å². The third-order valence-corrected chi connectivity index (χ3v) is 5.90. The molecule has 0 spiro atoms. The van der Waals surface area contributed by atoms with Crippen LogP contribution in [0.15, 0.2) is 75.9 Å². The zero-order chi connectivity index (χ0) is 17.2. The molecule has 0 bridgehead atoms. The fourth-order valence-electron chi connectivity index (χ4n) is 1.99. The molecule has 124 valence electrons. The molecule has 0 aliphatic carbocycles. The molecule has 5 nitrogen and oxygen atoms in total. The van der Waals surface area contributed by atoms with Gasteiger partial charge in [0.25, 0.3) is 10.0 Å². The molecule has 1 N–H and O–H groups in total. The minimum atomic E-state index is -3.66. The van der Waals surface area contributed by atoms with Gasteiger partial charge in [-0.2, -0.15) is 0 Å².